The molecule has 1 amide bonds. The number of nitrogens with zero attached hydrogens (tertiary/aromatic N) is 1. The minimum atomic E-state index is -1.21. The molecule has 2 aliphatic rings. The first-order valence-electron chi connectivity index (χ1n) is 8.87. The number of hydrogen-bond donors (Lipinski definition) is 0. The highest BCUT2D eigenvalue weighted by Crippen LogP contribution is 2.63. The topological polar surface area (TPSA) is 55.8 Å². The van der Waals surface area contributed by atoms with Gasteiger partial charge in [0.1, 0.15) is 0 Å². The highest BCUT2D eigenvalue weighted by molar-refractivity contribution is 6.76. The van der Waals surface area contributed by atoms with E-state index in [0.717, 1.165) is 25.3 Å². The minimum Gasteiger partial charge on any atom is -0.466 e. The van der Waals surface area contributed by atoms with Crippen LogP contribution in [0.15, 0.2) is 0 Å². The van der Waals surface area contributed by atoms with E-state index in [9.17, 15) is 9.59 Å². The van der Waals surface area contributed by atoms with E-state index in [2.05, 4.69) is 26.6 Å². The van der Waals surface area contributed by atoms with Crippen molar-refractivity contribution in [3.63, 3.8) is 0 Å². The van der Waals surface area contributed by atoms with Crippen molar-refractivity contribution in [3.8, 4) is 0 Å². The zero-order valence-electron chi connectivity index (χ0n) is 15.2. The molecule has 1 saturated heterocycles. The normalized spacial score (nSPS) is 29.7. The Balaban J connectivity index is 2.00. The maximum absolute atomic E-state index is 12.5. The predicted octanol–water partition coefficient (Wildman–Crippen LogP) is 3.51. The molecule has 0 aromatic rings. The standard InChI is InChI=1S/C17H31NO4Si/c1-6-17-9-8-10-18(14(17)13(17)15(19)21-7-2)16(20)22-11-12-23(3,4)5/h13-14H,6-12H2,1-5H3/t13-,14-,17+/m0/s1. The third-order valence-electron chi connectivity index (χ3n) is 5.30. The summed E-state index contributed by atoms with van der Waals surface area (Å²) in [4.78, 5) is 26.5. The van der Waals surface area contributed by atoms with Crippen molar-refractivity contribution in [2.24, 2.45) is 11.3 Å². The number of amides is 1. The van der Waals surface area contributed by atoms with Crippen molar-refractivity contribution in [1.29, 1.82) is 0 Å². The van der Waals surface area contributed by atoms with Crippen molar-refractivity contribution in [1.82, 2.24) is 4.90 Å². The number of rotatable bonds is 6. The van der Waals surface area contributed by atoms with Gasteiger partial charge >= 0.3 is 12.1 Å². The molecule has 0 aromatic heterocycles. The summed E-state index contributed by atoms with van der Waals surface area (Å²) in [6.45, 7) is 12.3. The number of fused-ring (bicyclic) bond motifs is 1. The molecule has 0 bridgehead atoms. The number of carbonyl (C=O) groups is 2. The van der Waals surface area contributed by atoms with Crippen LogP contribution < -0.4 is 0 Å². The molecule has 1 aliphatic carbocycles. The summed E-state index contributed by atoms with van der Waals surface area (Å²) in [5.74, 6) is -0.319. The average molecular weight is 342 g/mol. The van der Waals surface area contributed by atoms with Gasteiger partial charge in [0, 0.05) is 20.0 Å². The molecular formula is C17H31NO4Si. The molecule has 0 aromatic carbocycles. The second kappa shape index (κ2) is 6.83. The summed E-state index contributed by atoms with van der Waals surface area (Å²) < 4.78 is 10.7. The SMILES string of the molecule is CCOC(=O)[C@@H]1[C@@H]2N(C(=O)OCC[Si](C)(C)C)CCC[C@]12CC. The first kappa shape index (κ1) is 18.3. The maximum Gasteiger partial charge on any atom is 0.410 e. The monoisotopic (exact) mass is 341 g/mol. The molecule has 5 nitrogen and oxygen atoms in total. The van der Waals surface area contributed by atoms with E-state index in [1.54, 1.807) is 4.90 Å². The van der Waals surface area contributed by atoms with E-state index >= 15 is 0 Å². The van der Waals surface area contributed by atoms with Crippen LogP contribution in [0.25, 0.3) is 0 Å². The molecule has 1 aliphatic heterocycles. The number of hydrogen-bond acceptors (Lipinski definition) is 4. The van der Waals surface area contributed by atoms with Crippen molar-refractivity contribution in [2.75, 3.05) is 19.8 Å². The van der Waals surface area contributed by atoms with Crippen molar-refractivity contribution >= 4 is 20.1 Å². The number of esters is 1. The zero-order chi connectivity index (χ0) is 17.3. The van der Waals surface area contributed by atoms with Gasteiger partial charge in [-0.2, -0.15) is 0 Å². The quantitative estimate of drug-likeness (QED) is 0.548. The molecule has 0 unspecified atom stereocenters. The molecule has 132 valence electrons. The summed E-state index contributed by atoms with van der Waals surface area (Å²) in [7, 11) is -1.21. The summed E-state index contributed by atoms with van der Waals surface area (Å²) >= 11 is 0. The van der Waals surface area contributed by atoms with Gasteiger partial charge in [0.2, 0.25) is 0 Å². The lowest BCUT2D eigenvalue weighted by Crippen LogP contribution is -2.41. The summed E-state index contributed by atoms with van der Waals surface area (Å²) in [6.07, 6.45) is 2.58. The summed E-state index contributed by atoms with van der Waals surface area (Å²) in [6, 6.07) is 0.942. The molecule has 3 atom stereocenters. The first-order valence-corrected chi connectivity index (χ1v) is 12.6. The van der Waals surface area contributed by atoms with Crippen LogP contribution >= 0.6 is 0 Å². The average Bonchev–Trinajstić information content (AvgIpc) is 3.15. The fraction of sp³-hybridized carbons (Fsp3) is 0.882. The Kier molecular flexibility index (Phi) is 5.43. The molecule has 0 radical (unpaired) electrons. The summed E-state index contributed by atoms with van der Waals surface area (Å²) in [5.41, 5.74) is -0.0811. The van der Waals surface area contributed by atoms with Gasteiger partial charge in [0.25, 0.3) is 0 Å². The Morgan fingerprint density at radius 1 is 1.22 bits per heavy atom. The van der Waals surface area contributed by atoms with Gasteiger partial charge in [-0.15, -0.1) is 0 Å². The molecule has 2 fully saturated rings. The molecule has 0 N–H and O–H groups in total. The third kappa shape index (κ3) is 3.73. The van der Waals surface area contributed by atoms with Gasteiger partial charge in [-0.05, 0) is 32.2 Å². The van der Waals surface area contributed by atoms with Gasteiger partial charge in [-0.1, -0.05) is 26.6 Å². The second-order valence-corrected chi connectivity index (χ2v) is 13.6. The largest absolute Gasteiger partial charge is 0.466 e. The van der Waals surface area contributed by atoms with E-state index in [4.69, 9.17) is 9.47 Å². The van der Waals surface area contributed by atoms with Crippen molar-refractivity contribution in [3.05, 3.63) is 0 Å². The van der Waals surface area contributed by atoms with Crippen LogP contribution in [-0.2, 0) is 14.3 Å². The van der Waals surface area contributed by atoms with Crippen LogP contribution in [-0.4, -0.2) is 50.8 Å². The third-order valence-corrected chi connectivity index (χ3v) is 7.01. The zero-order valence-corrected chi connectivity index (χ0v) is 16.2. The van der Waals surface area contributed by atoms with Crippen LogP contribution in [0, 0.1) is 11.3 Å². The Morgan fingerprint density at radius 3 is 2.48 bits per heavy atom. The molecule has 2 rings (SSSR count). The fourth-order valence-electron chi connectivity index (χ4n) is 3.91. The highest BCUT2D eigenvalue weighted by atomic mass is 28.3. The Morgan fingerprint density at radius 2 is 1.91 bits per heavy atom. The van der Waals surface area contributed by atoms with Crippen molar-refractivity contribution in [2.45, 2.75) is 64.8 Å². The molecule has 1 saturated carbocycles. The fourth-order valence-corrected chi connectivity index (χ4v) is 4.63. The van der Waals surface area contributed by atoms with E-state index in [-0.39, 0.29) is 29.4 Å². The lowest BCUT2D eigenvalue weighted by Gasteiger charge is -2.30. The molecular weight excluding hydrogens is 310 g/mol. The Hall–Kier alpha value is -1.04. The molecule has 1 heterocycles. The van der Waals surface area contributed by atoms with E-state index in [1.165, 1.54) is 0 Å². The van der Waals surface area contributed by atoms with Gasteiger partial charge in [-0.25, -0.2) is 4.79 Å². The Bertz CT molecular complexity index is 462. The van der Waals surface area contributed by atoms with Crippen LogP contribution in [0.1, 0.15) is 33.1 Å². The number of carbonyl (C=O) groups excluding carboxylic acids is 2. The van der Waals surface area contributed by atoms with Crippen LogP contribution in [0.2, 0.25) is 25.7 Å². The van der Waals surface area contributed by atoms with Crippen LogP contribution in [0.3, 0.4) is 0 Å². The van der Waals surface area contributed by atoms with E-state index < -0.39 is 8.07 Å². The van der Waals surface area contributed by atoms with Crippen molar-refractivity contribution < 1.29 is 19.1 Å². The van der Waals surface area contributed by atoms with Gasteiger partial charge in [0.05, 0.1) is 25.2 Å². The lowest BCUT2D eigenvalue weighted by atomic mass is 9.91. The number of ether oxygens (including phenoxy) is 2. The van der Waals surface area contributed by atoms with E-state index in [0.29, 0.717) is 19.8 Å². The van der Waals surface area contributed by atoms with Gasteiger partial charge in [-0.3, -0.25) is 4.79 Å². The second-order valence-electron chi connectivity index (χ2n) is 7.98. The highest BCUT2D eigenvalue weighted by Gasteiger charge is 2.71. The number of likely N-dealkylation sites (tertiary alicyclic amines) is 1. The first-order chi connectivity index (χ1) is 10.8. The molecule has 6 heteroatoms. The number of piperidine rings is 1. The van der Waals surface area contributed by atoms with Crippen LogP contribution in [0.4, 0.5) is 4.79 Å². The minimum absolute atomic E-state index is 0.0281. The van der Waals surface area contributed by atoms with E-state index in [1.807, 2.05) is 6.92 Å². The Labute approximate surface area is 140 Å². The van der Waals surface area contributed by atoms with Gasteiger partial charge < -0.3 is 14.4 Å². The molecule has 0 spiro atoms. The maximum atomic E-state index is 12.5. The predicted molar refractivity (Wildman–Crippen MR) is 92.1 cm³/mol. The van der Waals surface area contributed by atoms with Crippen LogP contribution in [0.5, 0.6) is 0 Å². The van der Waals surface area contributed by atoms with Gasteiger partial charge in [0.15, 0.2) is 0 Å². The smallest absolute Gasteiger partial charge is 0.410 e. The summed E-state index contributed by atoms with van der Waals surface area (Å²) in [5, 5.41) is 0. The lowest BCUT2D eigenvalue weighted by molar-refractivity contribution is -0.145. The molecule has 23 heavy (non-hydrogen) atoms.